The van der Waals surface area contributed by atoms with Gasteiger partial charge >= 0.3 is 0 Å². The molecule has 0 spiro atoms. The molecule has 0 saturated carbocycles. The Balaban J connectivity index is -0.000000142. The van der Waals surface area contributed by atoms with Crippen LogP contribution in [0.25, 0.3) is 0 Å². The van der Waals surface area contributed by atoms with Crippen LogP contribution in [0.4, 0.5) is 0 Å². The summed E-state index contributed by atoms with van der Waals surface area (Å²) < 4.78 is 0. The molecule has 0 amide bonds. The smallest absolute Gasteiger partial charge is 0.254 e. The first-order chi connectivity index (χ1) is 5.00. The van der Waals surface area contributed by atoms with Gasteiger partial charge in [-0.25, -0.2) is 0 Å². The predicted octanol–water partition coefficient (Wildman–Crippen LogP) is -0.639. The zero-order valence-electron chi connectivity index (χ0n) is 6.36. The standard InChI is InChI=1S/C3H7NO2S.CH3NOS.H3N/c5-2-1-4-3(6)7;2-1(3)4;/h5H,1-2H2,(H2,4,6,7);(H3,2,3,4);1H3. The van der Waals surface area contributed by atoms with Crippen LogP contribution < -0.4 is 17.2 Å². The minimum absolute atomic E-state index is 0. The topological polar surface area (TPSA) is 134 Å². The number of rotatable bonds is 2. The molecule has 0 atom stereocenters. The lowest BCUT2D eigenvalue weighted by molar-refractivity contribution is 0.297. The third kappa shape index (κ3) is 58.8. The second kappa shape index (κ2) is 12.9. The van der Waals surface area contributed by atoms with Crippen molar-refractivity contribution in [2.24, 2.45) is 5.73 Å². The molecular formula is C4H13N3O3S2. The number of thiocarbonyl (C=S) groups is 2. The van der Waals surface area contributed by atoms with E-state index in [4.69, 9.17) is 15.3 Å². The van der Waals surface area contributed by atoms with Crippen LogP contribution in [0, 0.1) is 0 Å². The minimum Gasteiger partial charge on any atom is -0.487 e. The number of nitrogens with one attached hydrogen (secondary N) is 1. The Kier molecular flexibility index (Phi) is 18.8. The fourth-order valence-corrected chi connectivity index (χ4v) is 0.265. The largest absolute Gasteiger partial charge is 0.487 e. The highest BCUT2D eigenvalue weighted by molar-refractivity contribution is 7.80. The molecule has 0 rings (SSSR count). The molecule has 6 nitrogen and oxygen atoms in total. The molecule has 0 aromatic heterocycles. The summed E-state index contributed by atoms with van der Waals surface area (Å²) >= 11 is 8.06. The van der Waals surface area contributed by atoms with Gasteiger partial charge in [0.25, 0.3) is 10.3 Å². The van der Waals surface area contributed by atoms with Crippen molar-refractivity contribution >= 4 is 34.8 Å². The van der Waals surface area contributed by atoms with Crippen LogP contribution in [-0.2, 0) is 0 Å². The minimum atomic E-state index is -0.500. The summed E-state index contributed by atoms with van der Waals surface area (Å²) in [4.78, 5) is 0. The number of hydrogen-bond donors (Lipinski definition) is 6. The molecule has 0 aliphatic heterocycles. The van der Waals surface area contributed by atoms with Crippen molar-refractivity contribution in [2.45, 2.75) is 0 Å². The average Bonchev–Trinajstić information content (AvgIpc) is 1.82. The van der Waals surface area contributed by atoms with Crippen LogP contribution in [0.15, 0.2) is 0 Å². The molecule has 0 heterocycles. The second-order valence-corrected chi connectivity index (χ2v) is 2.10. The molecule has 0 aliphatic carbocycles. The Bertz CT molecular complexity index is 129. The van der Waals surface area contributed by atoms with E-state index < -0.39 is 5.17 Å². The quantitative estimate of drug-likeness (QED) is 0.335. The monoisotopic (exact) mass is 215 g/mol. The maximum atomic E-state index is 8.19. The fourth-order valence-electron chi connectivity index (χ4n) is 0.163. The van der Waals surface area contributed by atoms with E-state index in [1.807, 2.05) is 0 Å². The lowest BCUT2D eigenvalue weighted by Crippen LogP contribution is -2.23. The fraction of sp³-hybridized carbons (Fsp3) is 0.500. The zero-order valence-corrected chi connectivity index (χ0v) is 7.99. The van der Waals surface area contributed by atoms with Crippen LogP contribution >= 0.6 is 24.4 Å². The Morgan fingerprint density at radius 2 is 1.67 bits per heavy atom. The first-order valence-corrected chi connectivity index (χ1v) is 3.38. The molecule has 0 radical (unpaired) electrons. The van der Waals surface area contributed by atoms with Crippen molar-refractivity contribution in [2.75, 3.05) is 13.2 Å². The van der Waals surface area contributed by atoms with E-state index in [0.717, 1.165) is 0 Å². The van der Waals surface area contributed by atoms with E-state index in [2.05, 4.69) is 35.5 Å². The molecule has 12 heavy (non-hydrogen) atoms. The summed E-state index contributed by atoms with van der Waals surface area (Å²) in [7, 11) is 0. The van der Waals surface area contributed by atoms with E-state index in [1.165, 1.54) is 0 Å². The van der Waals surface area contributed by atoms with Gasteiger partial charge in [-0.1, -0.05) is 0 Å². The molecule has 0 fully saturated rings. The normalized spacial score (nSPS) is 6.75. The Labute approximate surface area is 81.0 Å². The van der Waals surface area contributed by atoms with Gasteiger partial charge in [-0.15, -0.1) is 0 Å². The van der Waals surface area contributed by atoms with Crippen molar-refractivity contribution in [3.8, 4) is 0 Å². The van der Waals surface area contributed by atoms with Gasteiger partial charge in [-0.3, -0.25) is 0 Å². The van der Waals surface area contributed by atoms with E-state index in [-0.39, 0.29) is 17.9 Å². The average molecular weight is 215 g/mol. The maximum Gasteiger partial charge on any atom is 0.254 e. The van der Waals surface area contributed by atoms with Gasteiger partial charge in [0.2, 0.25) is 0 Å². The summed E-state index contributed by atoms with van der Waals surface area (Å²) in [6, 6.07) is 0. The predicted molar refractivity (Wildman–Crippen MR) is 54.8 cm³/mol. The van der Waals surface area contributed by atoms with Crippen LogP contribution in [0.3, 0.4) is 0 Å². The summed E-state index contributed by atoms with van der Waals surface area (Å²) in [5.74, 6) is 0. The molecule has 0 aromatic carbocycles. The zero-order chi connectivity index (χ0) is 9.28. The third-order valence-electron chi connectivity index (χ3n) is 0.388. The summed E-state index contributed by atoms with van der Waals surface area (Å²) in [6.07, 6.45) is 0. The molecule has 9 N–H and O–H groups in total. The van der Waals surface area contributed by atoms with Crippen LogP contribution in [0.1, 0.15) is 0 Å². The maximum absolute atomic E-state index is 8.19. The first kappa shape index (κ1) is 17.4. The van der Waals surface area contributed by atoms with Crippen LogP contribution in [0.2, 0.25) is 0 Å². The highest BCUT2D eigenvalue weighted by Crippen LogP contribution is 1.58. The SMILES string of the molecule is N.NC(O)=S.OCCNC(O)=S. The van der Waals surface area contributed by atoms with Gasteiger partial charge in [-0.05, 0) is 24.4 Å². The first-order valence-electron chi connectivity index (χ1n) is 2.56. The highest BCUT2D eigenvalue weighted by atomic mass is 32.1. The van der Waals surface area contributed by atoms with Gasteiger partial charge in [0.15, 0.2) is 0 Å². The van der Waals surface area contributed by atoms with Crippen molar-refractivity contribution in [1.82, 2.24) is 11.5 Å². The molecule has 0 bridgehead atoms. The van der Waals surface area contributed by atoms with Crippen molar-refractivity contribution < 1.29 is 15.3 Å². The molecular weight excluding hydrogens is 202 g/mol. The molecule has 74 valence electrons. The van der Waals surface area contributed by atoms with Gasteiger partial charge < -0.3 is 32.5 Å². The molecule has 0 aromatic rings. The van der Waals surface area contributed by atoms with E-state index in [9.17, 15) is 0 Å². The van der Waals surface area contributed by atoms with Crippen LogP contribution in [0.5, 0.6) is 0 Å². The van der Waals surface area contributed by atoms with Gasteiger partial charge in [-0.2, -0.15) is 0 Å². The van der Waals surface area contributed by atoms with E-state index >= 15 is 0 Å². The Hall–Kier alpha value is -0.700. The van der Waals surface area contributed by atoms with Gasteiger partial charge in [0.05, 0.1) is 6.61 Å². The van der Waals surface area contributed by atoms with Crippen molar-refractivity contribution in [1.29, 1.82) is 0 Å². The van der Waals surface area contributed by atoms with Crippen molar-refractivity contribution in [3.63, 3.8) is 0 Å². The van der Waals surface area contributed by atoms with E-state index in [1.54, 1.807) is 0 Å². The molecule has 8 heteroatoms. The van der Waals surface area contributed by atoms with E-state index in [0.29, 0.717) is 6.54 Å². The lowest BCUT2D eigenvalue weighted by atomic mass is 10.7. The summed E-state index contributed by atoms with van der Waals surface area (Å²) in [6.45, 7) is 0.302. The number of nitrogens with two attached hydrogens (primary N) is 1. The Morgan fingerprint density at radius 3 is 1.75 bits per heavy atom. The van der Waals surface area contributed by atoms with Gasteiger partial charge in [0.1, 0.15) is 0 Å². The molecule has 0 aliphatic rings. The molecule has 0 saturated heterocycles. The number of aliphatic hydroxyl groups excluding tert-OH is 3. The summed E-state index contributed by atoms with van der Waals surface area (Å²) in [5, 5.41) is 25.4. The highest BCUT2D eigenvalue weighted by Gasteiger charge is 1.82. The van der Waals surface area contributed by atoms with Crippen molar-refractivity contribution in [3.05, 3.63) is 0 Å². The molecule has 0 unspecified atom stereocenters. The second-order valence-electron chi connectivity index (χ2n) is 1.29. The van der Waals surface area contributed by atoms with Gasteiger partial charge in [0, 0.05) is 6.54 Å². The Morgan fingerprint density at radius 1 is 1.33 bits per heavy atom. The van der Waals surface area contributed by atoms with Crippen LogP contribution in [-0.4, -0.2) is 38.8 Å². The summed E-state index contributed by atoms with van der Waals surface area (Å²) in [5.41, 5.74) is 4.40. The number of aliphatic hydroxyl groups is 3. The lowest BCUT2D eigenvalue weighted by Gasteiger charge is -1.94. The third-order valence-corrected chi connectivity index (χ3v) is 0.532. The number of hydrogen-bond acceptors (Lipinski definition) is 4.